The fourth-order valence-electron chi connectivity index (χ4n) is 1.98. The molecular formula is C13H25N3S. The molecule has 0 saturated carbocycles. The molecule has 1 unspecified atom stereocenters. The molecule has 0 fully saturated rings. The minimum atomic E-state index is 0.148. The van der Waals surface area contributed by atoms with E-state index in [1.165, 1.54) is 62.9 Å². The molecule has 3 nitrogen and oxygen atoms in total. The lowest BCUT2D eigenvalue weighted by Gasteiger charge is -2.07. The predicted molar refractivity (Wildman–Crippen MR) is 74.1 cm³/mol. The molecule has 1 heterocycles. The summed E-state index contributed by atoms with van der Waals surface area (Å²) in [5.74, 6) is 0. The van der Waals surface area contributed by atoms with Gasteiger partial charge in [-0.05, 0) is 18.0 Å². The van der Waals surface area contributed by atoms with Gasteiger partial charge in [0.05, 0.1) is 11.1 Å². The van der Waals surface area contributed by atoms with E-state index in [9.17, 15) is 0 Å². The number of unbranched alkanes of at least 4 members (excludes halogenated alkanes) is 7. The van der Waals surface area contributed by atoms with Crippen LogP contribution in [-0.2, 0) is 0 Å². The predicted octanol–water partition coefficient (Wildman–Crippen LogP) is 4.07. The molecule has 0 bridgehead atoms. The standard InChI is InChI=1S/C13H25N3S/c1-2-3-4-5-6-7-8-9-10-12(14)13-11-15-16-17-13/h11-12H,2-10,14H2,1H3. The maximum Gasteiger partial charge on any atom is 0.0669 e. The molecule has 98 valence electrons. The van der Waals surface area contributed by atoms with Crippen LogP contribution >= 0.6 is 11.5 Å². The molecule has 0 aliphatic heterocycles. The van der Waals surface area contributed by atoms with Crippen molar-refractivity contribution in [1.29, 1.82) is 0 Å². The molecule has 1 aromatic rings. The van der Waals surface area contributed by atoms with Gasteiger partial charge in [0.15, 0.2) is 0 Å². The Bertz CT molecular complexity index is 262. The number of nitrogens with zero attached hydrogens (tertiary/aromatic N) is 2. The number of hydrogen-bond acceptors (Lipinski definition) is 4. The van der Waals surface area contributed by atoms with E-state index in [0.717, 1.165) is 11.3 Å². The minimum absolute atomic E-state index is 0.148. The van der Waals surface area contributed by atoms with E-state index in [1.807, 2.05) is 0 Å². The van der Waals surface area contributed by atoms with Gasteiger partial charge in [0, 0.05) is 6.04 Å². The summed E-state index contributed by atoms with van der Waals surface area (Å²) in [5.41, 5.74) is 6.05. The second-order valence-electron chi connectivity index (χ2n) is 4.69. The van der Waals surface area contributed by atoms with E-state index in [2.05, 4.69) is 16.5 Å². The zero-order valence-electron chi connectivity index (χ0n) is 10.9. The molecule has 0 aliphatic rings. The van der Waals surface area contributed by atoms with Gasteiger partial charge in [0.25, 0.3) is 0 Å². The van der Waals surface area contributed by atoms with Crippen LogP contribution in [0.15, 0.2) is 6.20 Å². The van der Waals surface area contributed by atoms with Crippen molar-refractivity contribution in [3.63, 3.8) is 0 Å². The van der Waals surface area contributed by atoms with Crippen LogP contribution in [0.2, 0.25) is 0 Å². The normalized spacial score (nSPS) is 12.8. The second kappa shape index (κ2) is 9.54. The van der Waals surface area contributed by atoms with Crippen molar-refractivity contribution in [2.24, 2.45) is 5.73 Å². The third-order valence-corrected chi connectivity index (χ3v) is 3.91. The third kappa shape index (κ3) is 6.74. The highest BCUT2D eigenvalue weighted by atomic mass is 32.1. The quantitative estimate of drug-likeness (QED) is 0.641. The first-order valence-corrected chi connectivity index (χ1v) is 7.64. The largest absolute Gasteiger partial charge is 0.323 e. The molecule has 2 N–H and O–H groups in total. The van der Waals surface area contributed by atoms with Gasteiger partial charge in [-0.15, -0.1) is 5.10 Å². The third-order valence-electron chi connectivity index (χ3n) is 3.11. The minimum Gasteiger partial charge on any atom is -0.323 e. The lowest BCUT2D eigenvalue weighted by atomic mass is 10.0. The maximum atomic E-state index is 6.05. The number of rotatable bonds is 10. The molecule has 1 aromatic heterocycles. The van der Waals surface area contributed by atoms with Crippen molar-refractivity contribution >= 4 is 11.5 Å². The lowest BCUT2D eigenvalue weighted by molar-refractivity contribution is 0.538. The molecule has 0 aromatic carbocycles. The highest BCUT2D eigenvalue weighted by Crippen LogP contribution is 2.19. The summed E-state index contributed by atoms with van der Waals surface area (Å²) in [4.78, 5) is 1.12. The van der Waals surface area contributed by atoms with Crippen LogP contribution in [0.1, 0.15) is 75.6 Å². The Morgan fingerprint density at radius 2 is 1.76 bits per heavy atom. The monoisotopic (exact) mass is 255 g/mol. The van der Waals surface area contributed by atoms with Gasteiger partial charge >= 0.3 is 0 Å². The van der Waals surface area contributed by atoms with Crippen LogP contribution in [0, 0.1) is 0 Å². The highest BCUT2D eigenvalue weighted by molar-refractivity contribution is 7.05. The van der Waals surface area contributed by atoms with E-state index in [4.69, 9.17) is 5.73 Å². The molecule has 0 radical (unpaired) electrons. The first-order valence-electron chi connectivity index (χ1n) is 6.87. The fraction of sp³-hybridized carbons (Fsp3) is 0.846. The van der Waals surface area contributed by atoms with Crippen LogP contribution in [0.3, 0.4) is 0 Å². The van der Waals surface area contributed by atoms with Crippen molar-refractivity contribution in [3.8, 4) is 0 Å². The van der Waals surface area contributed by atoms with E-state index in [0.29, 0.717) is 0 Å². The topological polar surface area (TPSA) is 51.8 Å². The molecule has 1 atom stereocenters. The summed E-state index contributed by atoms with van der Waals surface area (Å²) < 4.78 is 3.84. The average Bonchev–Trinajstić information content (AvgIpc) is 2.86. The Morgan fingerprint density at radius 1 is 1.12 bits per heavy atom. The molecule has 0 aliphatic carbocycles. The van der Waals surface area contributed by atoms with Crippen LogP contribution in [0.25, 0.3) is 0 Å². The summed E-state index contributed by atoms with van der Waals surface area (Å²) in [7, 11) is 0. The summed E-state index contributed by atoms with van der Waals surface area (Å²) in [6, 6.07) is 0.148. The Balaban J connectivity index is 1.90. The van der Waals surface area contributed by atoms with Crippen molar-refractivity contribution in [3.05, 3.63) is 11.1 Å². The summed E-state index contributed by atoms with van der Waals surface area (Å²) >= 11 is 1.42. The van der Waals surface area contributed by atoms with Crippen LogP contribution in [-0.4, -0.2) is 9.59 Å². The lowest BCUT2D eigenvalue weighted by Crippen LogP contribution is -2.08. The second-order valence-corrected chi connectivity index (χ2v) is 5.51. The van der Waals surface area contributed by atoms with E-state index < -0.39 is 0 Å². The smallest absolute Gasteiger partial charge is 0.0669 e. The molecule has 17 heavy (non-hydrogen) atoms. The van der Waals surface area contributed by atoms with Crippen LogP contribution in [0.5, 0.6) is 0 Å². The SMILES string of the molecule is CCCCCCCCCCC(N)c1cnns1. The molecular weight excluding hydrogens is 230 g/mol. The Labute approximate surface area is 109 Å². The van der Waals surface area contributed by atoms with Gasteiger partial charge in [0.1, 0.15) is 0 Å². The summed E-state index contributed by atoms with van der Waals surface area (Å²) in [6.45, 7) is 2.26. The Hall–Kier alpha value is -0.480. The average molecular weight is 255 g/mol. The van der Waals surface area contributed by atoms with Gasteiger partial charge in [-0.3, -0.25) is 0 Å². The first-order chi connectivity index (χ1) is 8.34. The molecule has 0 amide bonds. The van der Waals surface area contributed by atoms with E-state index in [1.54, 1.807) is 6.20 Å². The van der Waals surface area contributed by atoms with E-state index in [-0.39, 0.29) is 6.04 Å². The van der Waals surface area contributed by atoms with Crippen molar-refractivity contribution < 1.29 is 0 Å². The van der Waals surface area contributed by atoms with Crippen LogP contribution in [0.4, 0.5) is 0 Å². The highest BCUT2D eigenvalue weighted by Gasteiger charge is 2.07. The maximum absolute atomic E-state index is 6.05. The number of hydrogen-bond donors (Lipinski definition) is 1. The molecule has 0 saturated heterocycles. The van der Waals surface area contributed by atoms with Crippen molar-refractivity contribution in [2.75, 3.05) is 0 Å². The van der Waals surface area contributed by atoms with Gasteiger partial charge in [-0.25, -0.2) is 0 Å². The molecule has 1 rings (SSSR count). The van der Waals surface area contributed by atoms with Gasteiger partial charge in [0.2, 0.25) is 0 Å². The zero-order chi connectivity index (χ0) is 12.3. The van der Waals surface area contributed by atoms with E-state index >= 15 is 0 Å². The van der Waals surface area contributed by atoms with Gasteiger partial charge < -0.3 is 5.73 Å². The number of nitrogens with two attached hydrogens (primary N) is 1. The Kier molecular flexibility index (Phi) is 8.18. The van der Waals surface area contributed by atoms with Crippen molar-refractivity contribution in [1.82, 2.24) is 9.59 Å². The van der Waals surface area contributed by atoms with Crippen LogP contribution < -0.4 is 5.73 Å². The summed E-state index contributed by atoms with van der Waals surface area (Å²) in [5, 5.41) is 3.82. The van der Waals surface area contributed by atoms with Crippen molar-refractivity contribution in [2.45, 2.75) is 70.8 Å². The molecule has 0 spiro atoms. The van der Waals surface area contributed by atoms with Gasteiger partial charge in [-0.2, -0.15) is 0 Å². The number of aromatic nitrogens is 2. The first kappa shape index (κ1) is 14.6. The molecule has 4 heteroatoms. The zero-order valence-corrected chi connectivity index (χ0v) is 11.7. The fourth-order valence-corrected chi connectivity index (χ4v) is 2.51. The van der Waals surface area contributed by atoms with Gasteiger partial charge in [-0.1, -0.05) is 62.8 Å². The Morgan fingerprint density at radius 3 is 2.35 bits per heavy atom. The summed E-state index contributed by atoms with van der Waals surface area (Å²) in [6.07, 6.45) is 13.7.